The lowest BCUT2D eigenvalue weighted by Gasteiger charge is -2.43. The van der Waals surface area contributed by atoms with E-state index in [1.807, 2.05) is 26.5 Å². The number of benzene rings is 14. The van der Waals surface area contributed by atoms with Gasteiger partial charge in [-0.3, -0.25) is 0 Å². The van der Waals surface area contributed by atoms with Crippen LogP contribution in [0.3, 0.4) is 0 Å². The van der Waals surface area contributed by atoms with Gasteiger partial charge in [0, 0.05) is 19.8 Å². The van der Waals surface area contributed by atoms with Gasteiger partial charge in [0.25, 0.3) is 41.6 Å². The molecule has 0 N–H and O–H groups in total. The zero-order valence-corrected chi connectivity index (χ0v) is 101. The van der Waals surface area contributed by atoms with Crippen LogP contribution in [0.25, 0.3) is 0 Å². The van der Waals surface area contributed by atoms with Crippen LogP contribution in [0.2, 0.25) is 89.1 Å². The Labute approximate surface area is 896 Å². The summed E-state index contributed by atoms with van der Waals surface area (Å²) in [5.41, 5.74) is 3.21. The fraction of sp³-hybridized carbons (Fsp3) is 0.280. The largest absolute Gasteiger partial charge is 1.00 e. The molecule has 0 amide bonds. The first kappa shape index (κ1) is 121. The van der Waals surface area contributed by atoms with Crippen LogP contribution < -0.4 is 72.6 Å². The highest BCUT2D eigenvalue weighted by atomic mass is 32.1. The summed E-state index contributed by atoms with van der Waals surface area (Å²) >= 11 is 0. The van der Waals surface area contributed by atoms with E-state index in [1.165, 1.54) is 90.7 Å². The van der Waals surface area contributed by atoms with Crippen molar-refractivity contribution >= 4 is 179 Å². The van der Waals surface area contributed by atoms with Crippen molar-refractivity contribution in [1.82, 2.24) is 0 Å². The minimum Gasteiger partial charge on any atom is -1.00 e. The standard InChI is InChI=1S/C42H48O2Si4.C27H36OSi2.C26H34OSi2.C22H24OSi2.C6H16O3Si.2CH4.H2S.H/c1-45(2,43-47(37-23-11-5-12-24-37,38-25-13-6-14-26-38)39-27-15-7-16-28-39)35-36-46(3,4)44-48(40-29-17-8-18-30-40,41-31-19-9-20-32-41)42-33-21-10-22-34-42;1-23(22-27(2,3)4)29(5,6)28-30(24-16-10-7-11-17-24,25-18-12-8-13-19-25)26-20-14-9-15-21-26;1-26(2,3)21-22-28(4,5)27-29(23-15-9-6-10-16-23,24-17-11-7-12-18-24)25-19-13-8-14-20-25;1-4-24(2,3)23-25(20-14-8-5-9-15-20,21-16-10-6-11-17-21)22-18-12-7-13-19-22;1-4-7-10(8-5-2)9-6-3;;;;/h5-21,23-33H,22,34-36H2,1-4H3;7-21,23H,22H2,1-6H3;6-20H,21-22H2,1-5H3;4-19H,1H2,2-3H3;10H,4-6H2,1-3H3;2*1H4;1H2;/q;;;;;;;;-1. The molecule has 15 rings (SSSR count). The van der Waals surface area contributed by atoms with E-state index >= 15 is 0 Å². The van der Waals surface area contributed by atoms with Crippen LogP contribution >= 0.6 is 13.5 Å². The van der Waals surface area contributed by atoms with E-state index in [-0.39, 0.29) is 29.8 Å². The van der Waals surface area contributed by atoms with Gasteiger partial charge in [-0.1, -0.05) is 512 Å². The highest BCUT2D eigenvalue weighted by molar-refractivity contribution is 7.59. The third-order valence-corrected chi connectivity index (χ3v) is 71.0. The smallest absolute Gasteiger partial charge is 0.484 e. The molecule has 20 heteroatoms. The Bertz CT molecular complexity index is 5620. The van der Waals surface area contributed by atoms with E-state index in [2.05, 4.69) is 563 Å². The quantitative estimate of drug-likeness (QED) is 0.0279. The third kappa shape index (κ3) is 33.1. The Morgan fingerprint density at radius 2 is 0.497 bits per heavy atom. The first-order chi connectivity index (χ1) is 68.1. The van der Waals surface area contributed by atoms with E-state index in [4.69, 9.17) is 33.9 Å². The maximum absolute atomic E-state index is 7.87. The summed E-state index contributed by atoms with van der Waals surface area (Å²) in [4.78, 5) is 0. The molecular formula is C125H169O8SSi11-. The van der Waals surface area contributed by atoms with Gasteiger partial charge in [0.1, 0.15) is 0 Å². The summed E-state index contributed by atoms with van der Waals surface area (Å²) in [7, 11) is -25.6. The molecule has 8 nitrogen and oxygen atoms in total. The first-order valence-corrected chi connectivity index (χ1v) is 77.5. The van der Waals surface area contributed by atoms with Crippen molar-refractivity contribution in [3.8, 4) is 0 Å². The van der Waals surface area contributed by atoms with Crippen LogP contribution in [0, 0.1) is 10.8 Å². The molecule has 0 saturated heterocycles. The maximum atomic E-state index is 7.87. The zero-order chi connectivity index (χ0) is 102. The van der Waals surface area contributed by atoms with Crippen molar-refractivity contribution in [1.29, 1.82) is 0 Å². The van der Waals surface area contributed by atoms with Crippen molar-refractivity contribution in [2.45, 2.75) is 199 Å². The van der Waals surface area contributed by atoms with Crippen LogP contribution in [0.1, 0.15) is 111 Å². The normalized spacial score (nSPS) is 12.8. The Morgan fingerprint density at radius 3 is 0.690 bits per heavy atom. The molecule has 0 radical (unpaired) electrons. The lowest BCUT2D eigenvalue weighted by molar-refractivity contribution is 0.107. The van der Waals surface area contributed by atoms with Crippen molar-refractivity contribution in [2.24, 2.45) is 10.8 Å². The lowest BCUT2D eigenvalue weighted by atomic mass is 9.91. The zero-order valence-electron chi connectivity index (χ0n) is 89.9. The number of allylic oxidation sites excluding steroid dienone is 4. The van der Waals surface area contributed by atoms with Crippen LogP contribution in [0.4, 0.5) is 0 Å². The summed E-state index contributed by atoms with van der Waals surface area (Å²) in [6.45, 7) is 52.1. The third-order valence-electron chi connectivity index (χ3n) is 26.4. The number of rotatable bonds is 39. The van der Waals surface area contributed by atoms with Crippen LogP contribution in [-0.2, 0) is 33.9 Å². The lowest BCUT2D eigenvalue weighted by Crippen LogP contribution is -2.72. The molecule has 768 valence electrons. The molecule has 0 spiro atoms. The molecule has 14 aromatic rings. The second-order valence-electron chi connectivity index (χ2n) is 42.3. The fourth-order valence-corrected chi connectivity index (χ4v) is 68.4. The molecule has 1 aliphatic carbocycles. The van der Waals surface area contributed by atoms with Gasteiger partial charge >= 0.3 is 9.53 Å². The summed E-state index contributed by atoms with van der Waals surface area (Å²) in [6.07, 6.45) is 11.4. The van der Waals surface area contributed by atoms with Crippen LogP contribution in [0.15, 0.2) is 460 Å². The highest BCUT2D eigenvalue weighted by Gasteiger charge is 2.53. The molecule has 1 atom stereocenters. The van der Waals surface area contributed by atoms with E-state index in [9.17, 15) is 0 Å². The number of hydrogen-bond donors (Lipinski definition) is 0. The monoisotopic (exact) mass is 2140 g/mol. The summed E-state index contributed by atoms with van der Waals surface area (Å²) in [5, 5.41) is 19.8. The second-order valence-corrected chi connectivity index (χ2v) is 83.3. The molecule has 14 aromatic carbocycles. The molecule has 0 fully saturated rings. The maximum Gasteiger partial charge on any atom is 0.484 e. The van der Waals surface area contributed by atoms with Crippen molar-refractivity contribution in [3.63, 3.8) is 0 Å². The van der Waals surface area contributed by atoms with Crippen LogP contribution in [-0.4, -0.2) is 113 Å². The first-order valence-electron chi connectivity index (χ1n) is 51.2. The van der Waals surface area contributed by atoms with Gasteiger partial charge in [-0.2, -0.15) is 13.5 Å². The second kappa shape index (κ2) is 56.9. The predicted octanol–water partition coefficient (Wildman–Crippen LogP) is 24.6. The van der Waals surface area contributed by atoms with Gasteiger partial charge in [-0.25, -0.2) is 0 Å². The average molecular weight is 2140 g/mol. The van der Waals surface area contributed by atoms with Crippen molar-refractivity contribution in [2.75, 3.05) is 19.8 Å². The van der Waals surface area contributed by atoms with E-state index in [1.54, 1.807) is 0 Å². The van der Waals surface area contributed by atoms with Gasteiger partial charge in [0.15, 0.2) is 41.6 Å². The Kier molecular flexibility index (Phi) is 47.5. The Balaban J connectivity index is 0.000000260. The summed E-state index contributed by atoms with van der Waals surface area (Å²) in [5.74, 6) is 0. The van der Waals surface area contributed by atoms with Gasteiger partial charge in [-0.05, 0) is 224 Å². The molecule has 0 bridgehead atoms. The van der Waals surface area contributed by atoms with Gasteiger partial charge < -0.3 is 35.3 Å². The minimum atomic E-state index is -2.81. The van der Waals surface area contributed by atoms with Gasteiger partial charge in [0.2, 0.25) is 0 Å². The molecule has 1 aliphatic rings. The Morgan fingerprint density at radius 1 is 0.297 bits per heavy atom. The van der Waals surface area contributed by atoms with Gasteiger partial charge in [-0.15, -0.1) is 6.58 Å². The molecule has 145 heavy (non-hydrogen) atoms. The summed E-state index contributed by atoms with van der Waals surface area (Å²) < 4.78 is 53.5. The van der Waals surface area contributed by atoms with E-state index in [0.29, 0.717) is 36.2 Å². The SMILES string of the molecule is C.C.C=C[Si](C)(C)O[Si](c1ccccc1)(c1ccccc1)c1ccccc1.CC(C)(C)CC[Si](C)(C)O[Si](c1ccccc1)(c1ccccc1)c1ccccc1.CC(CC(C)(C)C)[Si](C)(C)O[Si](c1ccccc1)(c1ccccc1)c1ccccc1.CCO[SiH](OCC)OCC.C[Si](C)(CC[Si](C)(C)O[Si](c1ccccc1)(c1ccccc1)c1ccccc1)O[Si](C1=CC=CCC1)(c1ccccc1)c1ccccc1.S.[H-]. The highest BCUT2D eigenvalue weighted by Crippen LogP contribution is 2.38. The van der Waals surface area contributed by atoms with Crippen molar-refractivity contribution < 1.29 is 35.3 Å². The fourth-order valence-electron chi connectivity index (χ4n) is 19.1. The Hall–Kier alpha value is -9.28. The average Bonchev–Trinajstić information content (AvgIpc) is 0.749. The molecule has 0 aliphatic heterocycles. The number of hydrogen-bond acceptors (Lipinski definition) is 8. The topological polar surface area (TPSA) is 73.8 Å². The van der Waals surface area contributed by atoms with E-state index in [0.717, 1.165) is 31.0 Å². The molecule has 0 saturated carbocycles. The predicted molar refractivity (Wildman–Crippen MR) is 662 cm³/mol. The molecule has 0 aromatic heterocycles. The molecule has 1 unspecified atom stereocenters. The van der Waals surface area contributed by atoms with Crippen LogP contribution in [0.5, 0.6) is 0 Å². The van der Waals surface area contributed by atoms with E-state index < -0.39 is 92.7 Å². The minimum absolute atomic E-state index is 0. The molecule has 0 heterocycles. The van der Waals surface area contributed by atoms with Gasteiger partial charge in [0.05, 0.1) is 0 Å². The summed E-state index contributed by atoms with van der Waals surface area (Å²) in [6, 6.07) is 156. The van der Waals surface area contributed by atoms with Crippen molar-refractivity contribution in [3.05, 3.63) is 460 Å². The molecular weight excluding hydrogens is 1970 g/mol.